The van der Waals surface area contributed by atoms with Crippen LogP contribution in [-0.2, 0) is 4.79 Å². The number of hydrogen-bond acceptors (Lipinski definition) is 3. The highest BCUT2D eigenvalue weighted by molar-refractivity contribution is 5.77. The summed E-state index contributed by atoms with van der Waals surface area (Å²) in [5, 5.41) is 9.90. The zero-order valence-corrected chi connectivity index (χ0v) is 10.9. The van der Waals surface area contributed by atoms with Gasteiger partial charge in [-0.15, -0.1) is 0 Å². The van der Waals surface area contributed by atoms with Gasteiger partial charge in [-0.25, -0.2) is 0 Å². The maximum Gasteiger partial charge on any atom is 0.222 e. The van der Waals surface area contributed by atoms with E-state index in [1.54, 1.807) is 0 Å². The summed E-state index contributed by atoms with van der Waals surface area (Å²) < 4.78 is 0. The van der Waals surface area contributed by atoms with Crippen LogP contribution in [0.3, 0.4) is 0 Å². The lowest BCUT2D eigenvalue weighted by Crippen LogP contribution is -2.38. The van der Waals surface area contributed by atoms with Gasteiger partial charge < -0.3 is 14.9 Å². The topological polar surface area (TPSA) is 43.8 Å². The Hall–Kier alpha value is -0.610. The SMILES string of the molecule is CN(C)[C@@H]1CN(C(=O)CC2CCCC2)C[C@H]1O. The van der Waals surface area contributed by atoms with Crippen molar-refractivity contribution in [1.82, 2.24) is 9.80 Å². The largest absolute Gasteiger partial charge is 0.390 e. The second-order valence-corrected chi connectivity index (χ2v) is 5.75. The monoisotopic (exact) mass is 240 g/mol. The minimum Gasteiger partial charge on any atom is -0.390 e. The van der Waals surface area contributed by atoms with Crippen LogP contribution < -0.4 is 0 Å². The fraction of sp³-hybridized carbons (Fsp3) is 0.923. The molecule has 0 spiro atoms. The van der Waals surface area contributed by atoms with Gasteiger partial charge >= 0.3 is 0 Å². The Kier molecular flexibility index (Phi) is 4.05. The number of β-amino-alcohol motifs (C(OH)–C–C–N with tert-alkyl or cyclic N) is 1. The summed E-state index contributed by atoms with van der Waals surface area (Å²) in [5.74, 6) is 0.832. The van der Waals surface area contributed by atoms with Crippen molar-refractivity contribution in [3.8, 4) is 0 Å². The molecule has 4 heteroatoms. The van der Waals surface area contributed by atoms with E-state index >= 15 is 0 Å². The van der Waals surface area contributed by atoms with Crippen molar-refractivity contribution in [3.05, 3.63) is 0 Å². The molecule has 1 heterocycles. The summed E-state index contributed by atoms with van der Waals surface area (Å²) in [5.41, 5.74) is 0. The molecule has 0 aromatic heterocycles. The fourth-order valence-electron chi connectivity index (χ4n) is 3.07. The molecule has 0 aromatic carbocycles. The lowest BCUT2D eigenvalue weighted by Gasteiger charge is -2.22. The minimum atomic E-state index is -0.391. The molecule has 2 atom stereocenters. The number of rotatable bonds is 3. The highest BCUT2D eigenvalue weighted by atomic mass is 16.3. The van der Waals surface area contributed by atoms with Crippen LogP contribution in [0, 0.1) is 5.92 Å². The second kappa shape index (κ2) is 5.36. The highest BCUT2D eigenvalue weighted by Gasteiger charge is 2.35. The zero-order valence-electron chi connectivity index (χ0n) is 10.9. The van der Waals surface area contributed by atoms with Gasteiger partial charge in [-0.1, -0.05) is 12.8 Å². The quantitative estimate of drug-likeness (QED) is 0.790. The number of nitrogens with zero attached hydrogens (tertiary/aromatic N) is 2. The third-order valence-corrected chi connectivity index (χ3v) is 4.21. The molecule has 4 nitrogen and oxygen atoms in total. The van der Waals surface area contributed by atoms with Crippen LogP contribution in [0.25, 0.3) is 0 Å². The number of carbonyl (C=O) groups excluding carboxylic acids is 1. The molecule has 0 aromatic rings. The van der Waals surface area contributed by atoms with Gasteiger partial charge in [0.25, 0.3) is 0 Å². The molecule has 1 N–H and O–H groups in total. The van der Waals surface area contributed by atoms with Crippen molar-refractivity contribution in [1.29, 1.82) is 0 Å². The van der Waals surface area contributed by atoms with Gasteiger partial charge in [0.05, 0.1) is 12.1 Å². The summed E-state index contributed by atoms with van der Waals surface area (Å²) in [6, 6.07) is 0.0996. The molecule has 2 fully saturated rings. The molecule has 0 bridgehead atoms. The van der Waals surface area contributed by atoms with E-state index in [1.807, 2.05) is 23.9 Å². The Morgan fingerprint density at radius 2 is 1.94 bits per heavy atom. The maximum absolute atomic E-state index is 12.1. The summed E-state index contributed by atoms with van der Waals surface area (Å²) in [4.78, 5) is 16.0. The van der Waals surface area contributed by atoms with E-state index in [0.717, 1.165) is 0 Å². The van der Waals surface area contributed by atoms with E-state index in [9.17, 15) is 9.90 Å². The molecule has 1 amide bonds. The second-order valence-electron chi connectivity index (χ2n) is 5.75. The minimum absolute atomic E-state index is 0.0996. The van der Waals surface area contributed by atoms with Crippen molar-refractivity contribution in [2.45, 2.75) is 44.2 Å². The van der Waals surface area contributed by atoms with Gasteiger partial charge in [0.2, 0.25) is 5.91 Å². The summed E-state index contributed by atoms with van der Waals surface area (Å²) in [6.45, 7) is 1.19. The number of aliphatic hydroxyl groups excluding tert-OH is 1. The summed E-state index contributed by atoms with van der Waals surface area (Å²) in [6.07, 6.45) is 5.27. The third-order valence-electron chi connectivity index (χ3n) is 4.21. The van der Waals surface area contributed by atoms with Crippen molar-refractivity contribution in [3.63, 3.8) is 0 Å². The Morgan fingerprint density at radius 3 is 2.47 bits per heavy atom. The maximum atomic E-state index is 12.1. The van der Waals surface area contributed by atoms with Crippen molar-refractivity contribution in [2.75, 3.05) is 27.2 Å². The van der Waals surface area contributed by atoms with Gasteiger partial charge in [-0.3, -0.25) is 4.79 Å². The predicted octanol–water partition coefficient (Wildman–Crippen LogP) is 0.700. The first-order chi connectivity index (χ1) is 8.08. The van der Waals surface area contributed by atoms with Gasteiger partial charge in [0.1, 0.15) is 0 Å². The number of carbonyl (C=O) groups is 1. The van der Waals surface area contributed by atoms with Crippen LogP contribution in [0.4, 0.5) is 0 Å². The van der Waals surface area contributed by atoms with Crippen LogP contribution in [0.15, 0.2) is 0 Å². The number of hydrogen-bond donors (Lipinski definition) is 1. The van der Waals surface area contributed by atoms with E-state index in [4.69, 9.17) is 0 Å². The summed E-state index contributed by atoms with van der Waals surface area (Å²) in [7, 11) is 3.91. The molecule has 0 unspecified atom stereocenters. The Bertz CT molecular complexity index is 275. The third kappa shape index (κ3) is 2.99. The van der Waals surface area contributed by atoms with Crippen LogP contribution in [0.5, 0.6) is 0 Å². The normalized spacial score (nSPS) is 30.5. The van der Waals surface area contributed by atoms with Gasteiger partial charge in [0.15, 0.2) is 0 Å². The van der Waals surface area contributed by atoms with Crippen molar-refractivity contribution in [2.24, 2.45) is 5.92 Å². The van der Waals surface area contributed by atoms with Gasteiger partial charge in [-0.05, 0) is 32.9 Å². The van der Waals surface area contributed by atoms with E-state index in [2.05, 4.69) is 0 Å². The standard InChI is InChI=1S/C13H24N2O2/c1-14(2)11-8-15(9-12(11)16)13(17)7-10-5-3-4-6-10/h10-12,16H,3-9H2,1-2H3/t11-,12-/m1/s1. The van der Waals surface area contributed by atoms with Gasteiger partial charge in [0, 0.05) is 19.5 Å². The molecule has 98 valence electrons. The molecule has 17 heavy (non-hydrogen) atoms. The van der Waals surface area contributed by atoms with Crippen molar-refractivity contribution >= 4 is 5.91 Å². The molecule has 2 rings (SSSR count). The molecule has 1 aliphatic heterocycles. The fourth-order valence-corrected chi connectivity index (χ4v) is 3.07. The lowest BCUT2D eigenvalue weighted by molar-refractivity contribution is -0.131. The smallest absolute Gasteiger partial charge is 0.222 e. The van der Waals surface area contributed by atoms with E-state index in [0.29, 0.717) is 25.4 Å². The number of likely N-dealkylation sites (tertiary alicyclic amines) is 1. The van der Waals surface area contributed by atoms with Crippen LogP contribution >= 0.6 is 0 Å². The van der Waals surface area contributed by atoms with Gasteiger partial charge in [-0.2, -0.15) is 0 Å². The zero-order chi connectivity index (χ0) is 12.4. The molecule has 0 radical (unpaired) electrons. The van der Waals surface area contributed by atoms with Crippen LogP contribution in [-0.4, -0.2) is 60.1 Å². The predicted molar refractivity (Wildman–Crippen MR) is 66.6 cm³/mol. The molecule has 2 aliphatic rings. The number of aliphatic hydroxyl groups is 1. The number of likely N-dealkylation sites (N-methyl/N-ethyl adjacent to an activating group) is 1. The van der Waals surface area contributed by atoms with E-state index in [1.165, 1.54) is 25.7 Å². The Balaban J connectivity index is 1.84. The van der Waals surface area contributed by atoms with E-state index in [-0.39, 0.29) is 11.9 Å². The molecule has 1 saturated heterocycles. The van der Waals surface area contributed by atoms with Crippen LogP contribution in [0.1, 0.15) is 32.1 Å². The summed E-state index contributed by atoms with van der Waals surface area (Å²) >= 11 is 0. The number of amides is 1. The Morgan fingerprint density at radius 1 is 1.29 bits per heavy atom. The first-order valence-electron chi connectivity index (χ1n) is 6.70. The Labute approximate surface area is 104 Å². The average Bonchev–Trinajstić information content (AvgIpc) is 2.86. The first-order valence-corrected chi connectivity index (χ1v) is 6.70. The van der Waals surface area contributed by atoms with Crippen LogP contribution in [0.2, 0.25) is 0 Å². The highest BCUT2D eigenvalue weighted by Crippen LogP contribution is 2.28. The molecule has 1 saturated carbocycles. The lowest BCUT2D eigenvalue weighted by atomic mass is 10.0. The van der Waals surface area contributed by atoms with Crippen molar-refractivity contribution < 1.29 is 9.90 Å². The average molecular weight is 240 g/mol. The first kappa shape index (κ1) is 12.8. The molecule has 1 aliphatic carbocycles. The molecular formula is C13H24N2O2. The van der Waals surface area contributed by atoms with E-state index < -0.39 is 6.10 Å². The molecular weight excluding hydrogens is 216 g/mol.